The largest absolute Gasteiger partial charge is 0.396 e. The Morgan fingerprint density at radius 2 is 2.25 bits per heavy atom. The van der Waals surface area contributed by atoms with Gasteiger partial charge < -0.3 is 10.4 Å². The molecule has 1 rings (SSSR count). The number of hydrogen-bond acceptors (Lipinski definition) is 3. The third-order valence-corrected chi connectivity index (χ3v) is 2.96. The molecule has 0 aromatic carbocycles. The molecule has 0 bridgehead atoms. The average molecular weight is 287 g/mol. The zero-order valence-corrected chi connectivity index (χ0v) is 10.9. The van der Waals surface area contributed by atoms with Gasteiger partial charge in [-0.3, -0.25) is 4.79 Å². The highest BCUT2D eigenvalue weighted by Gasteiger charge is 2.14. The number of carbonyl (C=O) groups is 1. The fourth-order valence-electron chi connectivity index (χ4n) is 1.10. The summed E-state index contributed by atoms with van der Waals surface area (Å²) >= 11 is 3.20. The van der Waals surface area contributed by atoms with Crippen molar-refractivity contribution in [1.82, 2.24) is 10.3 Å². The molecule has 0 aliphatic carbocycles. The lowest BCUT2D eigenvalue weighted by atomic mass is 10.0. The Labute approximate surface area is 103 Å². The van der Waals surface area contributed by atoms with Gasteiger partial charge in [-0.05, 0) is 40.9 Å². The van der Waals surface area contributed by atoms with Gasteiger partial charge in [-0.1, -0.05) is 6.92 Å². The molecule has 1 amide bonds. The minimum Gasteiger partial charge on any atom is -0.396 e. The van der Waals surface area contributed by atoms with Gasteiger partial charge in [-0.25, -0.2) is 4.98 Å². The molecule has 2 unspecified atom stereocenters. The van der Waals surface area contributed by atoms with Crippen LogP contribution in [-0.4, -0.2) is 28.6 Å². The molecular weight excluding hydrogens is 272 g/mol. The van der Waals surface area contributed by atoms with Crippen LogP contribution in [0.3, 0.4) is 0 Å². The number of amides is 1. The van der Waals surface area contributed by atoms with Gasteiger partial charge in [-0.15, -0.1) is 0 Å². The molecule has 0 fully saturated rings. The van der Waals surface area contributed by atoms with E-state index in [1.165, 1.54) is 6.20 Å². The van der Waals surface area contributed by atoms with Crippen LogP contribution in [0.5, 0.6) is 0 Å². The number of aliphatic hydroxyl groups is 1. The lowest BCUT2D eigenvalue weighted by Crippen LogP contribution is -2.38. The van der Waals surface area contributed by atoms with Gasteiger partial charge in [-0.2, -0.15) is 0 Å². The van der Waals surface area contributed by atoms with Crippen molar-refractivity contribution in [1.29, 1.82) is 0 Å². The maximum absolute atomic E-state index is 11.7. The molecule has 0 saturated carbocycles. The normalized spacial score (nSPS) is 14.2. The Morgan fingerprint density at radius 3 is 2.75 bits per heavy atom. The van der Waals surface area contributed by atoms with Gasteiger partial charge >= 0.3 is 0 Å². The summed E-state index contributed by atoms with van der Waals surface area (Å²) in [4.78, 5) is 15.7. The highest BCUT2D eigenvalue weighted by Crippen LogP contribution is 2.07. The zero-order chi connectivity index (χ0) is 12.1. The van der Waals surface area contributed by atoms with E-state index >= 15 is 0 Å². The minimum atomic E-state index is -0.173. The second kappa shape index (κ2) is 5.96. The Morgan fingerprint density at radius 1 is 1.56 bits per heavy atom. The minimum absolute atomic E-state index is 0.0346. The van der Waals surface area contributed by atoms with E-state index in [1.807, 2.05) is 13.8 Å². The SMILES string of the molecule is CC(CO)C(C)NC(=O)c1ccc(Br)nc1. The van der Waals surface area contributed by atoms with Crippen molar-refractivity contribution in [3.05, 3.63) is 28.5 Å². The molecule has 2 atom stereocenters. The molecule has 0 spiro atoms. The molecule has 2 N–H and O–H groups in total. The number of nitrogens with zero attached hydrogens (tertiary/aromatic N) is 1. The van der Waals surface area contributed by atoms with Crippen LogP contribution in [0.1, 0.15) is 24.2 Å². The number of halogens is 1. The Balaban J connectivity index is 2.62. The van der Waals surface area contributed by atoms with Crippen LogP contribution in [0.15, 0.2) is 22.9 Å². The maximum Gasteiger partial charge on any atom is 0.253 e. The molecule has 0 aliphatic rings. The number of aliphatic hydroxyl groups excluding tert-OH is 1. The van der Waals surface area contributed by atoms with Crippen LogP contribution in [0.4, 0.5) is 0 Å². The van der Waals surface area contributed by atoms with Crippen molar-refractivity contribution < 1.29 is 9.90 Å². The quantitative estimate of drug-likeness (QED) is 0.827. The summed E-state index contributed by atoms with van der Waals surface area (Å²) in [6.07, 6.45) is 1.51. The first-order valence-electron chi connectivity index (χ1n) is 5.08. The highest BCUT2D eigenvalue weighted by molar-refractivity contribution is 9.10. The van der Waals surface area contributed by atoms with Gasteiger partial charge in [0.25, 0.3) is 5.91 Å². The second-order valence-electron chi connectivity index (χ2n) is 3.79. The Kier molecular flexibility index (Phi) is 4.89. The third-order valence-electron chi connectivity index (χ3n) is 2.49. The summed E-state index contributed by atoms with van der Waals surface area (Å²) < 4.78 is 0.695. The van der Waals surface area contributed by atoms with E-state index < -0.39 is 0 Å². The lowest BCUT2D eigenvalue weighted by Gasteiger charge is -2.19. The number of carbonyl (C=O) groups excluding carboxylic acids is 1. The van der Waals surface area contributed by atoms with E-state index in [9.17, 15) is 4.79 Å². The average Bonchev–Trinajstić information content (AvgIpc) is 2.28. The lowest BCUT2D eigenvalue weighted by molar-refractivity contribution is 0.0916. The van der Waals surface area contributed by atoms with E-state index in [0.717, 1.165) is 0 Å². The standard InChI is InChI=1S/C11H15BrN2O2/c1-7(6-15)8(2)14-11(16)9-3-4-10(12)13-5-9/h3-5,7-8,15H,6H2,1-2H3,(H,14,16). The van der Waals surface area contributed by atoms with Gasteiger partial charge in [0.15, 0.2) is 0 Å². The smallest absolute Gasteiger partial charge is 0.253 e. The topological polar surface area (TPSA) is 62.2 Å². The third kappa shape index (κ3) is 3.57. The molecule has 0 radical (unpaired) electrons. The highest BCUT2D eigenvalue weighted by atomic mass is 79.9. The first kappa shape index (κ1) is 13.1. The first-order chi connectivity index (χ1) is 7.54. The molecule has 16 heavy (non-hydrogen) atoms. The van der Waals surface area contributed by atoms with Crippen molar-refractivity contribution in [2.45, 2.75) is 19.9 Å². The van der Waals surface area contributed by atoms with Crippen LogP contribution in [-0.2, 0) is 0 Å². The van der Waals surface area contributed by atoms with E-state index in [4.69, 9.17) is 5.11 Å². The molecule has 5 heteroatoms. The number of rotatable bonds is 4. The van der Waals surface area contributed by atoms with Crippen LogP contribution in [0.25, 0.3) is 0 Å². The molecule has 1 aromatic heterocycles. The van der Waals surface area contributed by atoms with Gasteiger partial charge in [0.05, 0.1) is 5.56 Å². The van der Waals surface area contributed by atoms with Crippen molar-refractivity contribution in [3.63, 3.8) is 0 Å². The number of aromatic nitrogens is 1. The monoisotopic (exact) mass is 286 g/mol. The van der Waals surface area contributed by atoms with Crippen molar-refractivity contribution >= 4 is 21.8 Å². The first-order valence-corrected chi connectivity index (χ1v) is 5.87. The van der Waals surface area contributed by atoms with Crippen LogP contribution in [0, 0.1) is 5.92 Å². The molecule has 0 aliphatic heterocycles. The Hall–Kier alpha value is -0.940. The summed E-state index contributed by atoms with van der Waals surface area (Å²) in [6, 6.07) is 3.35. The van der Waals surface area contributed by atoms with Crippen LogP contribution < -0.4 is 5.32 Å². The van der Waals surface area contributed by atoms with Crippen molar-refractivity contribution in [3.8, 4) is 0 Å². The molecule has 88 valence electrons. The van der Waals surface area contributed by atoms with Gasteiger partial charge in [0.1, 0.15) is 4.60 Å². The summed E-state index contributed by atoms with van der Waals surface area (Å²) in [6.45, 7) is 3.80. The molecule has 0 saturated heterocycles. The summed E-state index contributed by atoms with van der Waals surface area (Å²) in [5.41, 5.74) is 0.514. The van der Waals surface area contributed by atoms with Crippen molar-refractivity contribution in [2.75, 3.05) is 6.61 Å². The molecule has 1 aromatic rings. The fourth-order valence-corrected chi connectivity index (χ4v) is 1.34. The predicted octanol–water partition coefficient (Wildman–Crippen LogP) is 1.59. The van der Waals surface area contributed by atoms with Gasteiger partial charge in [0.2, 0.25) is 0 Å². The van der Waals surface area contributed by atoms with E-state index in [-0.39, 0.29) is 24.5 Å². The van der Waals surface area contributed by atoms with Crippen LogP contribution >= 0.6 is 15.9 Å². The molecular formula is C11H15BrN2O2. The van der Waals surface area contributed by atoms with Gasteiger partial charge in [0, 0.05) is 18.8 Å². The summed E-state index contributed by atoms with van der Waals surface area (Å²) in [7, 11) is 0. The second-order valence-corrected chi connectivity index (χ2v) is 4.60. The molecule has 4 nitrogen and oxygen atoms in total. The van der Waals surface area contributed by atoms with E-state index in [2.05, 4.69) is 26.2 Å². The van der Waals surface area contributed by atoms with Crippen molar-refractivity contribution in [2.24, 2.45) is 5.92 Å². The molecule has 1 heterocycles. The maximum atomic E-state index is 11.7. The fraction of sp³-hybridized carbons (Fsp3) is 0.455. The number of hydrogen-bond donors (Lipinski definition) is 2. The number of nitrogens with one attached hydrogen (secondary N) is 1. The van der Waals surface area contributed by atoms with E-state index in [1.54, 1.807) is 12.1 Å². The summed E-state index contributed by atoms with van der Waals surface area (Å²) in [5.74, 6) is -0.139. The van der Waals surface area contributed by atoms with Crippen LogP contribution in [0.2, 0.25) is 0 Å². The number of pyridine rings is 1. The Bertz CT molecular complexity index is 354. The predicted molar refractivity (Wildman–Crippen MR) is 65.1 cm³/mol. The zero-order valence-electron chi connectivity index (χ0n) is 9.27. The summed E-state index contributed by atoms with van der Waals surface area (Å²) in [5, 5.41) is 11.8. The van der Waals surface area contributed by atoms with E-state index in [0.29, 0.717) is 10.2 Å².